The molecule has 180 valence electrons. The van der Waals surface area contributed by atoms with Gasteiger partial charge in [0.2, 0.25) is 0 Å². The number of thiophene rings is 1. The first-order valence-corrected chi connectivity index (χ1v) is 13.0. The molecular weight excluding hydrogens is 458 g/mol. The third-order valence-electron chi connectivity index (χ3n) is 6.55. The molecule has 0 unspecified atom stereocenters. The fourth-order valence-electron chi connectivity index (χ4n) is 4.25. The van der Waals surface area contributed by atoms with Crippen LogP contribution < -0.4 is 10.6 Å². The highest BCUT2D eigenvalue weighted by Crippen LogP contribution is 2.30. The van der Waals surface area contributed by atoms with Gasteiger partial charge in [0.15, 0.2) is 0 Å². The number of amides is 3. The normalized spacial score (nSPS) is 15.5. The van der Waals surface area contributed by atoms with E-state index in [1.165, 1.54) is 17.8 Å². The fraction of sp³-hybridized carbons (Fsp3) is 0.321. The van der Waals surface area contributed by atoms with Crippen molar-refractivity contribution >= 4 is 34.7 Å². The van der Waals surface area contributed by atoms with Crippen molar-refractivity contribution in [2.24, 2.45) is 0 Å². The first kappa shape index (κ1) is 23.3. The van der Waals surface area contributed by atoms with Gasteiger partial charge in [-0.1, -0.05) is 18.2 Å². The van der Waals surface area contributed by atoms with Gasteiger partial charge in [0, 0.05) is 40.8 Å². The number of anilines is 1. The highest BCUT2D eigenvalue weighted by Gasteiger charge is 2.24. The van der Waals surface area contributed by atoms with E-state index in [9.17, 15) is 14.4 Å². The summed E-state index contributed by atoms with van der Waals surface area (Å²) in [5.41, 5.74) is 3.75. The molecule has 2 N–H and O–H groups in total. The predicted octanol–water partition coefficient (Wildman–Crippen LogP) is 5.49. The molecule has 3 aromatic rings. The van der Waals surface area contributed by atoms with E-state index in [0.29, 0.717) is 21.7 Å². The second kappa shape index (κ2) is 10.0. The molecule has 1 aliphatic heterocycles. The molecule has 7 heteroatoms. The van der Waals surface area contributed by atoms with E-state index in [4.69, 9.17) is 0 Å². The van der Waals surface area contributed by atoms with E-state index in [2.05, 4.69) is 10.6 Å². The monoisotopic (exact) mass is 487 g/mol. The largest absolute Gasteiger partial charge is 0.349 e. The van der Waals surface area contributed by atoms with Crippen molar-refractivity contribution in [3.63, 3.8) is 0 Å². The van der Waals surface area contributed by atoms with Crippen molar-refractivity contribution < 1.29 is 14.4 Å². The van der Waals surface area contributed by atoms with Crippen molar-refractivity contribution in [2.75, 3.05) is 18.4 Å². The van der Waals surface area contributed by atoms with Crippen molar-refractivity contribution in [2.45, 2.75) is 45.1 Å². The molecule has 2 heterocycles. The molecule has 1 saturated carbocycles. The summed E-state index contributed by atoms with van der Waals surface area (Å²) in [6, 6.07) is 17.0. The van der Waals surface area contributed by atoms with Gasteiger partial charge < -0.3 is 15.5 Å². The third kappa shape index (κ3) is 5.46. The van der Waals surface area contributed by atoms with E-state index >= 15 is 0 Å². The Morgan fingerprint density at radius 3 is 2.29 bits per heavy atom. The Bertz CT molecular complexity index is 1250. The molecule has 1 aliphatic carbocycles. The van der Waals surface area contributed by atoms with Crippen LogP contribution in [0, 0.1) is 6.92 Å². The Kier molecular flexibility index (Phi) is 6.68. The lowest BCUT2D eigenvalue weighted by Crippen LogP contribution is -2.35. The lowest BCUT2D eigenvalue weighted by atomic mass is 10.1. The number of benzene rings is 2. The molecule has 3 amide bonds. The van der Waals surface area contributed by atoms with Crippen LogP contribution in [0.15, 0.2) is 54.6 Å². The van der Waals surface area contributed by atoms with E-state index in [-0.39, 0.29) is 23.8 Å². The Morgan fingerprint density at radius 1 is 0.857 bits per heavy atom. The van der Waals surface area contributed by atoms with Gasteiger partial charge in [-0.25, -0.2) is 0 Å². The SMILES string of the molecule is Cc1ccc(C(=O)NC2CC2)cc1NC(=O)c1ccc(-c2ccc(C(=O)N3CCCCC3)cc2)s1. The molecule has 1 aromatic heterocycles. The predicted molar refractivity (Wildman–Crippen MR) is 139 cm³/mol. The Hall–Kier alpha value is -3.45. The number of hydrogen-bond acceptors (Lipinski definition) is 4. The maximum Gasteiger partial charge on any atom is 0.265 e. The average Bonchev–Trinajstić information content (AvgIpc) is 3.56. The Balaban J connectivity index is 1.26. The number of nitrogens with one attached hydrogen (secondary N) is 2. The van der Waals surface area contributed by atoms with Crippen LogP contribution >= 0.6 is 11.3 Å². The average molecular weight is 488 g/mol. The fourth-order valence-corrected chi connectivity index (χ4v) is 5.16. The van der Waals surface area contributed by atoms with Crippen LogP contribution in [-0.2, 0) is 0 Å². The first-order valence-electron chi connectivity index (χ1n) is 12.2. The van der Waals surface area contributed by atoms with Crippen LogP contribution in [0.4, 0.5) is 5.69 Å². The topological polar surface area (TPSA) is 78.5 Å². The van der Waals surface area contributed by atoms with E-state index < -0.39 is 0 Å². The highest BCUT2D eigenvalue weighted by atomic mass is 32.1. The van der Waals surface area contributed by atoms with Gasteiger partial charge in [0.1, 0.15) is 0 Å². The minimum Gasteiger partial charge on any atom is -0.349 e. The van der Waals surface area contributed by atoms with Crippen LogP contribution in [0.1, 0.15) is 68.1 Å². The zero-order chi connectivity index (χ0) is 24.4. The first-order chi connectivity index (χ1) is 17.0. The van der Waals surface area contributed by atoms with E-state index in [1.807, 2.05) is 48.2 Å². The van der Waals surface area contributed by atoms with E-state index in [1.54, 1.807) is 18.2 Å². The molecule has 0 atom stereocenters. The van der Waals surface area contributed by atoms with Crippen molar-refractivity contribution in [3.8, 4) is 10.4 Å². The van der Waals surface area contributed by atoms with Gasteiger partial charge in [-0.05, 0) is 86.6 Å². The third-order valence-corrected chi connectivity index (χ3v) is 7.68. The zero-order valence-electron chi connectivity index (χ0n) is 19.8. The zero-order valence-corrected chi connectivity index (χ0v) is 20.6. The highest BCUT2D eigenvalue weighted by molar-refractivity contribution is 7.17. The smallest absolute Gasteiger partial charge is 0.265 e. The second-order valence-electron chi connectivity index (χ2n) is 9.33. The van der Waals surface area contributed by atoms with Crippen LogP contribution in [0.2, 0.25) is 0 Å². The molecule has 1 saturated heterocycles. The molecule has 6 nitrogen and oxygen atoms in total. The van der Waals surface area contributed by atoms with Gasteiger partial charge in [-0.2, -0.15) is 0 Å². The lowest BCUT2D eigenvalue weighted by molar-refractivity contribution is 0.0724. The van der Waals surface area contributed by atoms with Gasteiger partial charge in [-0.15, -0.1) is 11.3 Å². The molecular formula is C28H29N3O3S. The summed E-state index contributed by atoms with van der Waals surface area (Å²) in [5, 5.41) is 5.94. The van der Waals surface area contributed by atoms with Crippen molar-refractivity contribution in [3.05, 3.63) is 76.2 Å². The molecule has 2 aliphatic rings. The number of aryl methyl sites for hydroxylation is 1. The summed E-state index contributed by atoms with van der Waals surface area (Å²) >= 11 is 1.40. The quantitative estimate of drug-likeness (QED) is 0.482. The number of carbonyl (C=O) groups is 3. The van der Waals surface area contributed by atoms with Crippen molar-refractivity contribution in [1.29, 1.82) is 0 Å². The van der Waals surface area contributed by atoms with Gasteiger partial charge >= 0.3 is 0 Å². The maximum absolute atomic E-state index is 12.9. The molecule has 0 bridgehead atoms. The van der Waals surface area contributed by atoms with E-state index in [0.717, 1.165) is 54.8 Å². The standard InChI is InChI=1S/C28H29N3O3S/c1-18-5-6-21(26(32)29-22-11-12-22)17-23(18)30-27(33)25-14-13-24(35-25)19-7-9-20(10-8-19)28(34)31-15-3-2-4-16-31/h5-10,13-14,17,22H,2-4,11-12,15-16H2,1H3,(H,29,32)(H,30,33). The van der Waals surface area contributed by atoms with Crippen LogP contribution in [0.25, 0.3) is 10.4 Å². The van der Waals surface area contributed by atoms with Crippen molar-refractivity contribution in [1.82, 2.24) is 10.2 Å². The number of hydrogen-bond donors (Lipinski definition) is 2. The molecule has 0 spiro atoms. The van der Waals surface area contributed by atoms with Gasteiger partial charge in [-0.3, -0.25) is 14.4 Å². The minimum atomic E-state index is -0.207. The number of nitrogens with zero attached hydrogens (tertiary/aromatic N) is 1. The number of piperidine rings is 1. The van der Waals surface area contributed by atoms with Gasteiger partial charge in [0.05, 0.1) is 4.88 Å². The minimum absolute atomic E-state index is 0.0888. The second-order valence-corrected chi connectivity index (χ2v) is 10.4. The number of rotatable bonds is 6. The summed E-state index contributed by atoms with van der Waals surface area (Å²) in [7, 11) is 0. The Labute approximate surface area is 209 Å². The summed E-state index contributed by atoms with van der Waals surface area (Å²) in [6.45, 7) is 3.57. The Morgan fingerprint density at radius 2 is 1.57 bits per heavy atom. The molecule has 2 aromatic carbocycles. The number of likely N-dealkylation sites (tertiary alicyclic amines) is 1. The molecule has 35 heavy (non-hydrogen) atoms. The summed E-state index contributed by atoms with van der Waals surface area (Å²) < 4.78 is 0. The molecule has 5 rings (SSSR count). The summed E-state index contributed by atoms with van der Waals surface area (Å²) in [6.07, 6.45) is 5.39. The summed E-state index contributed by atoms with van der Waals surface area (Å²) in [4.78, 5) is 41.5. The maximum atomic E-state index is 12.9. The van der Waals surface area contributed by atoms with Crippen LogP contribution in [0.5, 0.6) is 0 Å². The van der Waals surface area contributed by atoms with Crippen LogP contribution in [-0.4, -0.2) is 41.8 Å². The molecule has 2 fully saturated rings. The van der Waals surface area contributed by atoms with Crippen LogP contribution in [0.3, 0.4) is 0 Å². The summed E-state index contributed by atoms with van der Waals surface area (Å²) in [5.74, 6) is -0.226. The number of carbonyl (C=O) groups excluding carboxylic acids is 3. The van der Waals surface area contributed by atoms with Gasteiger partial charge in [0.25, 0.3) is 17.7 Å². The lowest BCUT2D eigenvalue weighted by Gasteiger charge is -2.26. The molecule has 0 radical (unpaired) electrons.